The lowest BCUT2D eigenvalue weighted by Gasteiger charge is -2.10. The third-order valence-corrected chi connectivity index (χ3v) is 3.83. The first-order valence-electron chi connectivity index (χ1n) is 8.31. The first-order chi connectivity index (χ1) is 12.4. The summed E-state index contributed by atoms with van der Waals surface area (Å²) in [4.78, 5) is 24.0. The topological polar surface area (TPSA) is 76.7 Å². The Hall–Kier alpha value is -3.02. The second kappa shape index (κ2) is 8.89. The van der Waals surface area contributed by atoms with Crippen LogP contribution in [-0.2, 0) is 16.0 Å². The first kappa shape index (κ1) is 19.3. The summed E-state index contributed by atoms with van der Waals surface area (Å²) in [6.07, 6.45) is 0.572. The molecule has 6 heteroatoms. The molecule has 26 heavy (non-hydrogen) atoms. The lowest BCUT2D eigenvalue weighted by Crippen LogP contribution is -2.36. The number of nitrogens with one attached hydrogen (secondary N) is 2. The van der Waals surface area contributed by atoms with Crippen LogP contribution < -0.4 is 20.1 Å². The zero-order chi connectivity index (χ0) is 19.1. The van der Waals surface area contributed by atoms with E-state index in [1.54, 1.807) is 14.2 Å². The van der Waals surface area contributed by atoms with Gasteiger partial charge >= 0.3 is 11.8 Å². The van der Waals surface area contributed by atoms with Crippen LogP contribution in [0.25, 0.3) is 0 Å². The van der Waals surface area contributed by atoms with Crippen LogP contribution in [0.1, 0.15) is 16.7 Å². The minimum atomic E-state index is -0.678. The Labute approximate surface area is 153 Å². The Morgan fingerprint density at radius 3 is 2.15 bits per heavy atom. The summed E-state index contributed by atoms with van der Waals surface area (Å²) in [5.41, 5.74) is 3.63. The van der Waals surface area contributed by atoms with Crippen LogP contribution in [0, 0.1) is 13.8 Å². The Morgan fingerprint density at radius 2 is 1.54 bits per heavy atom. The van der Waals surface area contributed by atoms with Gasteiger partial charge in [-0.2, -0.15) is 0 Å². The molecule has 2 amide bonds. The third kappa shape index (κ3) is 5.24. The molecule has 0 spiro atoms. The SMILES string of the molecule is COc1ccc(CCNC(=O)C(=O)Nc2cc(C)cc(C)c2)cc1OC. The van der Waals surface area contributed by atoms with Crippen LogP contribution >= 0.6 is 0 Å². The normalized spacial score (nSPS) is 10.2. The monoisotopic (exact) mass is 356 g/mol. The summed E-state index contributed by atoms with van der Waals surface area (Å²) in [6.45, 7) is 4.21. The molecule has 6 nitrogen and oxygen atoms in total. The molecule has 0 bridgehead atoms. The highest BCUT2D eigenvalue weighted by Gasteiger charge is 2.13. The quantitative estimate of drug-likeness (QED) is 0.780. The van der Waals surface area contributed by atoms with Crippen molar-refractivity contribution in [1.29, 1.82) is 0 Å². The number of rotatable bonds is 6. The van der Waals surface area contributed by atoms with E-state index in [4.69, 9.17) is 9.47 Å². The van der Waals surface area contributed by atoms with Gasteiger partial charge in [-0.3, -0.25) is 9.59 Å². The number of aryl methyl sites for hydroxylation is 2. The standard InChI is InChI=1S/C20H24N2O4/c1-13-9-14(2)11-16(10-13)22-20(24)19(23)21-8-7-15-5-6-17(25-3)18(12-15)26-4/h5-6,9-12H,7-8H2,1-4H3,(H,21,23)(H,22,24). The molecule has 138 valence electrons. The highest BCUT2D eigenvalue weighted by Crippen LogP contribution is 2.27. The number of carbonyl (C=O) groups is 2. The number of ether oxygens (including phenoxy) is 2. The van der Waals surface area contributed by atoms with Gasteiger partial charge in [-0.1, -0.05) is 12.1 Å². The Bertz CT molecular complexity index is 782. The predicted molar refractivity (Wildman–Crippen MR) is 101 cm³/mol. The minimum absolute atomic E-state index is 0.342. The van der Waals surface area contributed by atoms with Crippen molar-refractivity contribution in [3.05, 3.63) is 53.1 Å². The summed E-state index contributed by atoms with van der Waals surface area (Å²) < 4.78 is 10.4. The fourth-order valence-electron chi connectivity index (χ4n) is 2.67. The maximum absolute atomic E-state index is 12.0. The van der Waals surface area contributed by atoms with Crippen LogP contribution in [0.5, 0.6) is 11.5 Å². The molecule has 0 aliphatic carbocycles. The van der Waals surface area contributed by atoms with E-state index >= 15 is 0 Å². The van der Waals surface area contributed by atoms with E-state index in [1.807, 2.05) is 50.2 Å². The van der Waals surface area contributed by atoms with E-state index in [2.05, 4.69) is 10.6 Å². The number of benzene rings is 2. The lowest BCUT2D eigenvalue weighted by molar-refractivity contribution is -0.136. The van der Waals surface area contributed by atoms with Crippen molar-refractivity contribution in [2.75, 3.05) is 26.1 Å². The molecule has 2 aromatic carbocycles. The molecule has 0 unspecified atom stereocenters. The fourth-order valence-corrected chi connectivity index (χ4v) is 2.67. The van der Waals surface area contributed by atoms with Gasteiger partial charge in [-0.05, 0) is 61.2 Å². The molecule has 0 atom stereocenters. The predicted octanol–water partition coefficient (Wildman–Crippen LogP) is 2.62. The molecule has 0 saturated carbocycles. The van der Waals surface area contributed by atoms with Crippen LogP contribution in [-0.4, -0.2) is 32.6 Å². The fraction of sp³-hybridized carbons (Fsp3) is 0.300. The number of hydrogen-bond acceptors (Lipinski definition) is 4. The van der Waals surface area contributed by atoms with Gasteiger partial charge in [0.15, 0.2) is 11.5 Å². The average molecular weight is 356 g/mol. The first-order valence-corrected chi connectivity index (χ1v) is 8.31. The molecule has 2 rings (SSSR count). The highest BCUT2D eigenvalue weighted by atomic mass is 16.5. The van der Waals surface area contributed by atoms with E-state index in [0.29, 0.717) is 30.2 Å². The average Bonchev–Trinajstić information content (AvgIpc) is 2.60. The van der Waals surface area contributed by atoms with Crippen molar-refractivity contribution in [2.45, 2.75) is 20.3 Å². The van der Waals surface area contributed by atoms with Crippen molar-refractivity contribution < 1.29 is 19.1 Å². The molecule has 0 aliphatic rings. The van der Waals surface area contributed by atoms with Crippen molar-refractivity contribution >= 4 is 17.5 Å². The molecule has 0 fully saturated rings. The van der Waals surface area contributed by atoms with Crippen molar-refractivity contribution in [3.63, 3.8) is 0 Å². The van der Waals surface area contributed by atoms with Gasteiger partial charge in [0.2, 0.25) is 0 Å². The number of anilines is 1. The van der Waals surface area contributed by atoms with Gasteiger partial charge in [-0.15, -0.1) is 0 Å². The van der Waals surface area contributed by atoms with Crippen LogP contribution in [0.3, 0.4) is 0 Å². The molecule has 0 heterocycles. The van der Waals surface area contributed by atoms with Gasteiger partial charge in [-0.25, -0.2) is 0 Å². The zero-order valence-corrected chi connectivity index (χ0v) is 15.5. The van der Waals surface area contributed by atoms with Gasteiger partial charge in [0.05, 0.1) is 14.2 Å². The van der Waals surface area contributed by atoms with Crippen LogP contribution in [0.2, 0.25) is 0 Å². The molecule has 0 radical (unpaired) electrons. The van der Waals surface area contributed by atoms with Crippen molar-refractivity contribution in [3.8, 4) is 11.5 Å². The largest absolute Gasteiger partial charge is 0.493 e. The van der Waals surface area contributed by atoms with Crippen LogP contribution in [0.4, 0.5) is 5.69 Å². The summed E-state index contributed by atoms with van der Waals surface area (Å²) in [7, 11) is 3.15. The molecule has 2 N–H and O–H groups in total. The van der Waals surface area contributed by atoms with E-state index < -0.39 is 11.8 Å². The van der Waals surface area contributed by atoms with Gasteiger partial charge < -0.3 is 20.1 Å². The van der Waals surface area contributed by atoms with Crippen molar-refractivity contribution in [2.24, 2.45) is 0 Å². The summed E-state index contributed by atoms with van der Waals surface area (Å²) in [6, 6.07) is 11.2. The second-order valence-corrected chi connectivity index (χ2v) is 6.03. The van der Waals surface area contributed by atoms with Gasteiger partial charge in [0.25, 0.3) is 0 Å². The highest BCUT2D eigenvalue weighted by molar-refractivity contribution is 6.39. The maximum atomic E-state index is 12.0. The summed E-state index contributed by atoms with van der Waals surface area (Å²) >= 11 is 0. The lowest BCUT2D eigenvalue weighted by atomic mass is 10.1. The zero-order valence-electron chi connectivity index (χ0n) is 15.5. The summed E-state index contributed by atoms with van der Waals surface area (Å²) in [5.74, 6) is -0.0658. The maximum Gasteiger partial charge on any atom is 0.313 e. The molecule has 0 aromatic heterocycles. The van der Waals surface area contributed by atoms with E-state index in [1.165, 1.54) is 0 Å². The Morgan fingerprint density at radius 1 is 0.885 bits per heavy atom. The van der Waals surface area contributed by atoms with Crippen molar-refractivity contribution in [1.82, 2.24) is 5.32 Å². The third-order valence-electron chi connectivity index (χ3n) is 3.83. The molecule has 2 aromatic rings. The second-order valence-electron chi connectivity index (χ2n) is 6.03. The molecular formula is C20H24N2O4. The molecular weight excluding hydrogens is 332 g/mol. The number of methoxy groups -OCH3 is 2. The number of hydrogen-bond donors (Lipinski definition) is 2. The van der Waals surface area contributed by atoms with Gasteiger partial charge in [0, 0.05) is 12.2 Å². The summed E-state index contributed by atoms with van der Waals surface area (Å²) in [5, 5.41) is 5.24. The number of carbonyl (C=O) groups excluding carboxylic acids is 2. The number of amides is 2. The smallest absolute Gasteiger partial charge is 0.313 e. The van der Waals surface area contributed by atoms with Gasteiger partial charge in [0.1, 0.15) is 0 Å². The molecule has 0 aliphatic heterocycles. The minimum Gasteiger partial charge on any atom is -0.493 e. The molecule has 0 saturated heterocycles. The van der Waals surface area contributed by atoms with E-state index in [9.17, 15) is 9.59 Å². The van der Waals surface area contributed by atoms with E-state index in [-0.39, 0.29) is 0 Å². The Balaban J connectivity index is 1.87. The van der Waals surface area contributed by atoms with Crippen LogP contribution in [0.15, 0.2) is 36.4 Å². The Kier molecular flexibility index (Phi) is 6.60. The van der Waals surface area contributed by atoms with E-state index in [0.717, 1.165) is 16.7 Å².